The number of ether oxygens (including phenoxy) is 1. The van der Waals surface area contributed by atoms with E-state index in [1.54, 1.807) is 0 Å². The van der Waals surface area contributed by atoms with Crippen LogP contribution in [0.4, 0.5) is 0 Å². The van der Waals surface area contributed by atoms with Crippen molar-refractivity contribution in [1.29, 1.82) is 0 Å². The van der Waals surface area contributed by atoms with Crippen molar-refractivity contribution >= 4 is 0 Å². The minimum atomic E-state index is -0.221. The molecule has 0 unspecified atom stereocenters. The molecular formula is C12H23NO2. The average molecular weight is 213 g/mol. The quantitative estimate of drug-likeness (QED) is 0.749. The van der Waals surface area contributed by atoms with Gasteiger partial charge in [-0.3, -0.25) is 0 Å². The van der Waals surface area contributed by atoms with Crippen LogP contribution < -0.4 is 0 Å². The Kier molecular flexibility index (Phi) is 3.65. The topological polar surface area (TPSA) is 32.7 Å². The van der Waals surface area contributed by atoms with E-state index in [4.69, 9.17) is 4.74 Å². The third-order valence-electron chi connectivity index (χ3n) is 3.67. The van der Waals surface area contributed by atoms with E-state index >= 15 is 0 Å². The zero-order valence-electron chi connectivity index (χ0n) is 9.74. The molecule has 1 aliphatic carbocycles. The first-order chi connectivity index (χ1) is 7.29. The molecule has 2 fully saturated rings. The number of aliphatic hydroxyl groups excluding tert-OH is 1. The van der Waals surface area contributed by atoms with Crippen molar-refractivity contribution in [3.63, 3.8) is 0 Å². The molecule has 15 heavy (non-hydrogen) atoms. The number of piperidine rings is 1. The van der Waals surface area contributed by atoms with Gasteiger partial charge >= 0.3 is 0 Å². The van der Waals surface area contributed by atoms with Crippen LogP contribution in [0.15, 0.2) is 0 Å². The second-order valence-corrected chi connectivity index (χ2v) is 4.96. The molecule has 0 spiro atoms. The van der Waals surface area contributed by atoms with Gasteiger partial charge in [-0.05, 0) is 32.1 Å². The van der Waals surface area contributed by atoms with Crippen LogP contribution in [0.1, 0.15) is 39.0 Å². The van der Waals surface area contributed by atoms with Crippen molar-refractivity contribution < 1.29 is 9.84 Å². The van der Waals surface area contributed by atoms with E-state index in [0.717, 1.165) is 45.0 Å². The summed E-state index contributed by atoms with van der Waals surface area (Å²) in [6.07, 6.45) is 5.79. The largest absolute Gasteiger partial charge is 0.393 e. The first-order valence-electron chi connectivity index (χ1n) is 6.28. The van der Waals surface area contributed by atoms with Crippen molar-refractivity contribution in [1.82, 2.24) is 4.90 Å². The molecule has 3 heteroatoms. The Morgan fingerprint density at radius 3 is 2.47 bits per heavy atom. The van der Waals surface area contributed by atoms with Crippen molar-refractivity contribution in [3.05, 3.63) is 0 Å². The second-order valence-electron chi connectivity index (χ2n) is 4.96. The highest BCUT2D eigenvalue weighted by Crippen LogP contribution is 2.33. The summed E-state index contributed by atoms with van der Waals surface area (Å²) < 4.78 is 5.84. The van der Waals surface area contributed by atoms with E-state index in [9.17, 15) is 5.11 Å². The van der Waals surface area contributed by atoms with Crippen LogP contribution in [-0.4, -0.2) is 48.0 Å². The SMILES string of the molecule is CCCOC1(CO)CCN(C2CC2)CC1. The maximum atomic E-state index is 9.47. The van der Waals surface area contributed by atoms with Gasteiger partial charge in [-0.25, -0.2) is 0 Å². The highest BCUT2D eigenvalue weighted by Gasteiger charge is 2.39. The fraction of sp³-hybridized carbons (Fsp3) is 1.00. The lowest BCUT2D eigenvalue weighted by Crippen LogP contribution is -2.49. The van der Waals surface area contributed by atoms with Crippen LogP contribution in [0.25, 0.3) is 0 Å². The Morgan fingerprint density at radius 2 is 2.00 bits per heavy atom. The molecule has 1 heterocycles. The molecular weight excluding hydrogens is 190 g/mol. The monoisotopic (exact) mass is 213 g/mol. The molecule has 0 aromatic heterocycles. The molecule has 0 radical (unpaired) electrons. The van der Waals surface area contributed by atoms with Crippen molar-refractivity contribution in [2.75, 3.05) is 26.3 Å². The number of likely N-dealkylation sites (tertiary alicyclic amines) is 1. The fourth-order valence-electron chi connectivity index (χ4n) is 2.40. The Labute approximate surface area is 92.4 Å². The zero-order chi connectivity index (χ0) is 10.7. The molecule has 1 aliphatic heterocycles. The van der Waals surface area contributed by atoms with E-state index in [-0.39, 0.29) is 12.2 Å². The minimum Gasteiger partial charge on any atom is -0.393 e. The number of hydrogen-bond donors (Lipinski definition) is 1. The molecule has 0 atom stereocenters. The van der Waals surface area contributed by atoms with Crippen LogP contribution in [0, 0.1) is 0 Å². The van der Waals surface area contributed by atoms with Gasteiger partial charge in [0.15, 0.2) is 0 Å². The molecule has 88 valence electrons. The normalized spacial score (nSPS) is 26.8. The summed E-state index contributed by atoms with van der Waals surface area (Å²) in [5, 5.41) is 9.47. The Hall–Kier alpha value is -0.120. The van der Waals surface area contributed by atoms with Gasteiger partial charge in [0.05, 0.1) is 12.2 Å². The van der Waals surface area contributed by atoms with Gasteiger partial charge in [-0.1, -0.05) is 6.92 Å². The number of aliphatic hydroxyl groups is 1. The van der Waals surface area contributed by atoms with Crippen molar-refractivity contribution in [2.24, 2.45) is 0 Å². The van der Waals surface area contributed by atoms with E-state index < -0.39 is 0 Å². The maximum absolute atomic E-state index is 9.47. The molecule has 3 nitrogen and oxygen atoms in total. The highest BCUT2D eigenvalue weighted by atomic mass is 16.5. The van der Waals surface area contributed by atoms with Gasteiger partial charge in [0.2, 0.25) is 0 Å². The van der Waals surface area contributed by atoms with Crippen molar-refractivity contribution in [3.8, 4) is 0 Å². The lowest BCUT2D eigenvalue weighted by Gasteiger charge is -2.40. The van der Waals surface area contributed by atoms with Crippen LogP contribution in [-0.2, 0) is 4.74 Å². The summed E-state index contributed by atoms with van der Waals surface area (Å²) in [6.45, 7) is 5.30. The van der Waals surface area contributed by atoms with Gasteiger partial charge in [-0.2, -0.15) is 0 Å². The molecule has 1 saturated heterocycles. The van der Waals surface area contributed by atoms with Crippen LogP contribution in [0.3, 0.4) is 0 Å². The highest BCUT2D eigenvalue weighted by molar-refractivity contribution is 4.93. The molecule has 0 bridgehead atoms. The molecule has 2 rings (SSSR count). The number of rotatable bonds is 5. The summed E-state index contributed by atoms with van der Waals surface area (Å²) in [5.74, 6) is 0. The Balaban J connectivity index is 1.81. The molecule has 1 N–H and O–H groups in total. The van der Waals surface area contributed by atoms with E-state index in [0.29, 0.717) is 0 Å². The summed E-state index contributed by atoms with van der Waals surface area (Å²) in [5.41, 5.74) is -0.221. The third kappa shape index (κ3) is 2.71. The first-order valence-corrected chi connectivity index (χ1v) is 6.28. The Bertz CT molecular complexity index is 196. The van der Waals surface area contributed by atoms with Gasteiger partial charge in [0, 0.05) is 25.7 Å². The third-order valence-corrected chi connectivity index (χ3v) is 3.67. The molecule has 1 saturated carbocycles. The zero-order valence-corrected chi connectivity index (χ0v) is 9.74. The fourth-order valence-corrected chi connectivity index (χ4v) is 2.40. The summed E-state index contributed by atoms with van der Waals surface area (Å²) in [6, 6.07) is 0.855. The lowest BCUT2D eigenvalue weighted by atomic mass is 9.92. The van der Waals surface area contributed by atoms with Crippen LogP contribution in [0.2, 0.25) is 0 Å². The summed E-state index contributed by atoms with van der Waals surface area (Å²) in [4.78, 5) is 2.56. The van der Waals surface area contributed by atoms with Crippen LogP contribution in [0.5, 0.6) is 0 Å². The van der Waals surface area contributed by atoms with Gasteiger partial charge in [-0.15, -0.1) is 0 Å². The first kappa shape index (κ1) is 11.4. The van der Waals surface area contributed by atoms with Gasteiger partial charge < -0.3 is 14.7 Å². The standard InChI is InChI=1S/C12H23NO2/c1-2-9-15-12(10-14)5-7-13(8-6-12)11-3-4-11/h11,14H,2-10H2,1H3. The summed E-state index contributed by atoms with van der Waals surface area (Å²) in [7, 11) is 0. The van der Waals surface area contributed by atoms with Gasteiger partial charge in [0.1, 0.15) is 0 Å². The minimum absolute atomic E-state index is 0.186. The van der Waals surface area contributed by atoms with E-state index in [1.165, 1.54) is 12.8 Å². The Morgan fingerprint density at radius 1 is 1.33 bits per heavy atom. The molecule has 0 aromatic rings. The number of nitrogens with zero attached hydrogens (tertiary/aromatic N) is 1. The van der Waals surface area contributed by atoms with E-state index in [1.807, 2.05) is 0 Å². The van der Waals surface area contributed by atoms with Crippen molar-refractivity contribution in [2.45, 2.75) is 50.7 Å². The lowest BCUT2D eigenvalue weighted by molar-refractivity contribution is -0.112. The number of hydrogen-bond acceptors (Lipinski definition) is 3. The smallest absolute Gasteiger partial charge is 0.0936 e. The van der Waals surface area contributed by atoms with Gasteiger partial charge in [0.25, 0.3) is 0 Å². The molecule has 2 aliphatic rings. The maximum Gasteiger partial charge on any atom is 0.0936 e. The van der Waals surface area contributed by atoms with Crippen LogP contribution >= 0.6 is 0 Å². The van der Waals surface area contributed by atoms with E-state index in [2.05, 4.69) is 11.8 Å². The molecule has 0 aromatic carbocycles. The average Bonchev–Trinajstić information content (AvgIpc) is 3.11. The predicted octanol–water partition coefficient (Wildman–Crippen LogP) is 1.40. The second kappa shape index (κ2) is 4.81. The summed E-state index contributed by atoms with van der Waals surface area (Å²) >= 11 is 0. The molecule has 0 amide bonds. The predicted molar refractivity (Wildman–Crippen MR) is 59.9 cm³/mol.